The molecule has 13 heavy (non-hydrogen) atoms. The third-order valence-corrected chi connectivity index (χ3v) is 1.36. The number of carbonyl (C=O) groups excluding carboxylic acids is 1. The van der Waals surface area contributed by atoms with E-state index in [1.165, 1.54) is 12.1 Å². The first-order chi connectivity index (χ1) is 6.27. The molecule has 1 aromatic rings. The number of rotatable bonds is 2. The highest BCUT2D eigenvalue weighted by atomic mass is 16.5. The first-order valence-corrected chi connectivity index (χ1v) is 3.58. The highest BCUT2D eigenvalue weighted by molar-refractivity contribution is 5.74. The van der Waals surface area contributed by atoms with Gasteiger partial charge in [0, 0.05) is 0 Å². The van der Waals surface area contributed by atoms with Crippen molar-refractivity contribution in [1.29, 1.82) is 5.26 Å². The van der Waals surface area contributed by atoms with Gasteiger partial charge in [0.05, 0.1) is 5.56 Å². The van der Waals surface area contributed by atoms with Gasteiger partial charge in [-0.15, -0.1) is 0 Å². The zero-order valence-electron chi connectivity index (χ0n) is 6.73. The number of hydrogen-bond donors (Lipinski definition) is 1. The quantitative estimate of drug-likeness (QED) is 0.526. The number of esters is 1. The van der Waals surface area contributed by atoms with E-state index in [9.17, 15) is 4.79 Å². The van der Waals surface area contributed by atoms with Crippen LogP contribution in [0.15, 0.2) is 24.3 Å². The molecule has 1 rings (SSSR count). The van der Waals surface area contributed by atoms with Crippen LogP contribution < -0.4 is 4.74 Å². The molecule has 4 heteroatoms. The second kappa shape index (κ2) is 4.24. The van der Waals surface area contributed by atoms with Crippen LogP contribution in [0, 0.1) is 11.3 Å². The predicted octanol–water partition coefficient (Wildman–Crippen LogP) is 0.456. The minimum atomic E-state index is -0.775. The Morgan fingerprint density at radius 3 is 2.85 bits per heavy atom. The maximum atomic E-state index is 10.7. The number of aliphatic hydroxyl groups excluding tert-OH is 1. The lowest BCUT2D eigenvalue weighted by atomic mass is 10.2. The smallest absolute Gasteiger partial charge is 0.337 e. The molecule has 0 spiro atoms. The van der Waals surface area contributed by atoms with E-state index < -0.39 is 12.6 Å². The SMILES string of the molecule is N#Cc1ccccc1OC(=O)CO. The summed E-state index contributed by atoms with van der Waals surface area (Å²) in [4.78, 5) is 10.7. The first-order valence-electron chi connectivity index (χ1n) is 3.58. The standard InChI is InChI=1S/C9H7NO3/c10-5-7-3-1-2-4-8(7)13-9(12)6-11/h1-4,11H,6H2. The van der Waals surface area contributed by atoms with Crippen LogP contribution in [0.3, 0.4) is 0 Å². The Hall–Kier alpha value is -1.86. The van der Waals surface area contributed by atoms with Crippen LogP contribution in [0.1, 0.15) is 5.56 Å². The topological polar surface area (TPSA) is 70.3 Å². The number of para-hydroxylation sites is 1. The van der Waals surface area contributed by atoms with Gasteiger partial charge in [0.15, 0.2) is 0 Å². The van der Waals surface area contributed by atoms with Gasteiger partial charge in [-0.1, -0.05) is 12.1 Å². The van der Waals surface area contributed by atoms with Crippen LogP contribution in [-0.4, -0.2) is 17.7 Å². The summed E-state index contributed by atoms with van der Waals surface area (Å²) in [5.41, 5.74) is 0.268. The molecular formula is C9H7NO3. The summed E-state index contributed by atoms with van der Waals surface area (Å²) in [5.74, 6) is -0.605. The number of nitrogens with zero attached hydrogens (tertiary/aromatic N) is 1. The first kappa shape index (κ1) is 9.23. The summed E-state index contributed by atoms with van der Waals surface area (Å²) in [6, 6.07) is 8.19. The third-order valence-electron chi connectivity index (χ3n) is 1.36. The molecule has 1 aromatic carbocycles. The molecule has 0 aromatic heterocycles. The molecule has 0 aliphatic carbocycles. The number of benzene rings is 1. The second-order valence-electron chi connectivity index (χ2n) is 2.24. The van der Waals surface area contributed by atoms with Gasteiger partial charge in [0.25, 0.3) is 0 Å². The fourth-order valence-electron chi connectivity index (χ4n) is 0.803. The molecule has 0 amide bonds. The minimum Gasteiger partial charge on any atom is -0.423 e. The van der Waals surface area contributed by atoms with E-state index >= 15 is 0 Å². The molecule has 0 atom stereocenters. The number of aliphatic hydroxyl groups is 1. The van der Waals surface area contributed by atoms with E-state index in [0.29, 0.717) is 0 Å². The van der Waals surface area contributed by atoms with Crippen molar-refractivity contribution in [3.63, 3.8) is 0 Å². The molecule has 0 heterocycles. The zero-order valence-corrected chi connectivity index (χ0v) is 6.73. The molecule has 0 aliphatic heterocycles. The molecule has 66 valence electrons. The third kappa shape index (κ3) is 2.29. The van der Waals surface area contributed by atoms with E-state index in [4.69, 9.17) is 10.4 Å². The van der Waals surface area contributed by atoms with Crippen molar-refractivity contribution in [2.24, 2.45) is 0 Å². The Labute approximate surface area is 75.0 Å². The van der Waals surface area contributed by atoms with Gasteiger partial charge in [-0.05, 0) is 12.1 Å². The summed E-state index contributed by atoms with van der Waals surface area (Å²) in [6.07, 6.45) is 0. The molecular weight excluding hydrogens is 170 g/mol. The van der Waals surface area contributed by atoms with Crippen LogP contribution in [0.2, 0.25) is 0 Å². The van der Waals surface area contributed by atoms with E-state index in [1.807, 2.05) is 6.07 Å². The van der Waals surface area contributed by atoms with Gasteiger partial charge in [0.2, 0.25) is 0 Å². The number of nitriles is 1. The van der Waals surface area contributed by atoms with E-state index in [0.717, 1.165) is 0 Å². The average molecular weight is 177 g/mol. The monoisotopic (exact) mass is 177 g/mol. The second-order valence-corrected chi connectivity index (χ2v) is 2.24. The van der Waals surface area contributed by atoms with Crippen LogP contribution >= 0.6 is 0 Å². The Bertz CT molecular complexity index is 354. The number of hydrogen-bond acceptors (Lipinski definition) is 4. The molecule has 0 aliphatic rings. The average Bonchev–Trinajstić information content (AvgIpc) is 2.18. The van der Waals surface area contributed by atoms with E-state index in [2.05, 4.69) is 4.74 Å². The molecule has 0 bridgehead atoms. The van der Waals surface area contributed by atoms with E-state index in [-0.39, 0.29) is 11.3 Å². The summed E-state index contributed by atoms with van der Waals surface area (Å²) < 4.78 is 4.67. The fraction of sp³-hybridized carbons (Fsp3) is 0.111. The highest BCUT2D eigenvalue weighted by Gasteiger charge is 2.06. The molecule has 0 fully saturated rings. The van der Waals surface area contributed by atoms with Crippen molar-refractivity contribution in [3.05, 3.63) is 29.8 Å². The van der Waals surface area contributed by atoms with Crippen molar-refractivity contribution in [1.82, 2.24) is 0 Å². The van der Waals surface area contributed by atoms with Gasteiger partial charge in [-0.25, -0.2) is 4.79 Å². The maximum absolute atomic E-state index is 10.7. The summed E-state index contributed by atoms with van der Waals surface area (Å²) in [5, 5.41) is 17.0. The lowest BCUT2D eigenvalue weighted by molar-refractivity contribution is -0.137. The van der Waals surface area contributed by atoms with Gasteiger partial charge < -0.3 is 9.84 Å². The van der Waals surface area contributed by atoms with Crippen LogP contribution in [0.4, 0.5) is 0 Å². The molecule has 0 radical (unpaired) electrons. The van der Waals surface area contributed by atoms with Gasteiger partial charge in [-0.2, -0.15) is 5.26 Å². The van der Waals surface area contributed by atoms with Gasteiger partial charge in [-0.3, -0.25) is 0 Å². The van der Waals surface area contributed by atoms with Gasteiger partial charge >= 0.3 is 5.97 Å². The van der Waals surface area contributed by atoms with Crippen molar-refractivity contribution >= 4 is 5.97 Å². The minimum absolute atomic E-state index is 0.170. The Kier molecular flexibility index (Phi) is 3.01. The van der Waals surface area contributed by atoms with Crippen LogP contribution in [-0.2, 0) is 4.79 Å². The fourth-order valence-corrected chi connectivity index (χ4v) is 0.803. The van der Waals surface area contributed by atoms with Gasteiger partial charge in [0.1, 0.15) is 18.4 Å². The Balaban J connectivity index is 2.89. The molecule has 0 unspecified atom stereocenters. The van der Waals surface area contributed by atoms with Crippen molar-refractivity contribution in [2.45, 2.75) is 0 Å². The lowest BCUT2D eigenvalue weighted by Crippen LogP contribution is -2.12. The summed E-state index contributed by atoms with van der Waals surface area (Å²) >= 11 is 0. The van der Waals surface area contributed by atoms with Crippen molar-refractivity contribution in [3.8, 4) is 11.8 Å². The Morgan fingerprint density at radius 2 is 2.23 bits per heavy atom. The summed E-state index contributed by atoms with van der Waals surface area (Å²) in [6.45, 7) is -0.695. The predicted molar refractivity (Wildman–Crippen MR) is 43.9 cm³/mol. The normalized spacial score (nSPS) is 8.92. The van der Waals surface area contributed by atoms with Crippen LogP contribution in [0.5, 0.6) is 5.75 Å². The molecule has 0 saturated carbocycles. The summed E-state index contributed by atoms with van der Waals surface area (Å²) in [7, 11) is 0. The number of carbonyl (C=O) groups is 1. The molecule has 4 nitrogen and oxygen atoms in total. The number of ether oxygens (including phenoxy) is 1. The Morgan fingerprint density at radius 1 is 1.54 bits per heavy atom. The maximum Gasteiger partial charge on any atom is 0.337 e. The van der Waals surface area contributed by atoms with E-state index in [1.54, 1.807) is 12.1 Å². The zero-order chi connectivity index (χ0) is 9.68. The largest absolute Gasteiger partial charge is 0.423 e. The van der Waals surface area contributed by atoms with Crippen LogP contribution in [0.25, 0.3) is 0 Å². The van der Waals surface area contributed by atoms with Crippen molar-refractivity contribution in [2.75, 3.05) is 6.61 Å². The highest BCUT2D eigenvalue weighted by Crippen LogP contribution is 2.16. The molecule has 1 N–H and O–H groups in total. The van der Waals surface area contributed by atoms with Crippen molar-refractivity contribution < 1.29 is 14.6 Å². The lowest BCUT2D eigenvalue weighted by Gasteiger charge is -2.02. The molecule has 0 saturated heterocycles.